The molecule has 2 aliphatic rings. The molecule has 1 aromatic heterocycles. The van der Waals surface area contributed by atoms with Gasteiger partial charge in [0.15, 0.2) is 0 Å². The van der Waals surface area contributed by atoms with E-state index in [0.717, 1.165) is 44.2 Å². The monoisotopic (exact) mass is 342 g/mol. The van der Waals surface area contributed by atoms with Crippen molar-refractivity contribution in [2.45, 2.75) is 18.9 Å². The maximum Gasteiger partial charge on any atom is 0.273 e. The number of amides is 1. The topological polar surface area (TPSA) is 48.5 Å². The van der Waals surface area contributed by atoms with Crippen LogP contribution in [0.15, 0.2) is 35.7 Å². The number of benzene rings is 1. The third kappa shape index (κ3) is 3.16. The molecule has 3 heterocycles. The summed E-state index contributed by atoms with van der Waals surface area (Å²) in [7, 11) is 0. The zero-order valence-corrected chi connectivity index (χ0v) is 14.5. The van der Waals surface area contributed by atoms with E-state index in [1.807, 2.05) is 16.3 Å². The Labute approximate surface area is 146 Å². The van der Waals surface area contributed by atoms with Gasteiger partial charge in [-0.1, -0.05) is 18.2 Å². The molecule has 1 amide bonds. The average Bonchev–Trinajstić information content (AvgIpc) is 3.33. The van der Waals surface area contributed by atoms with Crippen molar-refractivity contribution >= 4 is 22.9 Å². The molecule has 0 spiro atoms. The van der Waals surface area contributed by atoms with Crippen LogP contribution in [-0.2, 0) is 0 Å². The number of rotatable bonds is 3. The second kappa shape index (κ2) is 6.91. The molecule has 1 unspecified atom stereocenters. The van der Waals surface area contributed by atoms with Gasteiger partial charge in [-0.25, -0.2) is 4.98 Å². The number of anilines is 1. The lowest BCUT2D eigenvalue weighted by atomic mass is 10.2. The highest BCUT2D eigenvalue weighted by Crippen LogP contribution is 2.26. The first-order valence-corrected chi connectivity index (χ1v) is 9.47. The summed E-state index contributed by atoms with van der Waals surface area (Å²) in [6.07, 6.45) is 2.31. The Hall–Kier alpha value is -1.92. The number of para-hydroxylation sites is 1. The van der Waals surface area contributed by atoms with Crippen molar-refractivity contribution in [1.29, 1.82) is 0 Å². The summed E-state index contributed by atoms with van der Waals surface area (Å²) in [6, 6.07) is 10.7. The minimum Gasteiger partial charge on any atom is -0.368 e. The Bertz CT molecular complexity index is 688. The van der Waals surface area contributed by atoms with Crippen molar-refractivity contribution in [3.05, 3.63) is 46.4 Å². The summed E-state index contributed by atoms with van der Waals surface area (Å²) in [6.45, 7) is 4.30. The molecular formula is C18H22N4OS. The van der Waals surface area contributed by atoms with Crippen LogP contribution in [0.25, 0.3) is 0 Å². The zero-order chi connectivity index (χ0) is 16.4. The molecule has 0 bridgehead atoms. The normalized spacial score (nSPS) is 21.2. The fourth-order valence-electron chi connectivity index (χ4n) is 3.41. The summed E-state index contributed by atoms with van der Waals surface area (Å²) >= 11 is 1.61. The van der Waals surface area contributed by atoms with Crippen LogP contribution in [0.1, 0.15) is 34.4 Å². The van der Waals surface area contributed by atoms with Crippen molar-refractivity contribution in [3.63, 3.8) is 0 Å². The standard InChI is InChI=1S/C18H22N4OS/c23-18(16-13-24-17(20-16)15-7-4-8-19-15)22-11-9-21(10-12-22)14-5-2-1-3-6-14/h1-3,5-6,13,15,19H,4,7-12H2. The van der Waals surface area contributed by atoms with Crippen LogP contribution in [0.3, 0.4) is 0 Å². The molecule has 4 rings (SSSR count). The van der Waals surface area contributed by atoms with E-state index in [1.165, 1.54) is 12.1 Å². The maximum absolute atomic E-state index is 12.7. The number of nitrogens with zero attached hydrogens (tertiary/aromatic N) is 3. The molecule has 0 saturated carbocycles. The Balaban J connectivity index is 1.38. The molecule has 0 radical (unpaired) electrons. The molecule has 126 valence electrons. The Morgan fingerprint density at radius 1 is 1.17 bits per heavy atom. The van der Waals surface area contributed by atoms with Crippen LogP contribution in [0.2, 0.25) is 0 Å². The summed E-state index contributed by atoms with van der Waals surface area (Å²) in [5, 5.41) is 6.42. The van der Waals surface area contributed by atoms with Gasteiger partial charge in [0.1, 0.15) is 10.7 Å². The molecule has 2 saturated heterocycles. The number of aromatic nitrogens is 1. The number of carbonyl (C=O) groups excluding carboxylic acids is 1. The van der Waals surface area contributed by atoms with E-state index in [-0.39, 0.29) is 5.91 Å². The summed E-state index contributed by atoms with van der Waals surface area (Å²) in [5.41, 5.74) is 1.84. The predicted octanol–water partition coefficient (Wildman–Crippen LogP) is 2.53. The Morgan fingerprint density at radius 3 is 2.67 bits per heavy atom. The van der Waals surface area contributed by atoms with Crippen molar-refractivity contribution in [1.82, 2.24) is 15.2 Å². The number of thiazole rings is 1. The van der Waals surface area contributed by atoms with Gasteiger partial charge in [-0.05, 0) is 31.5 Å². The van der Waals surface area contributed by atoms with Crippen LogP contribution in [0, 0.1) is 0 Å². The van der Waals surface area contributed by atoms with Crippen LogP contribution in [0.5, 0.6) is 0 Å². The maximum atomic E-state index is 12.7. The van der Waals surface area contributed by atoms with E-state index in [2.05, 4.69) is 39.5 Å². The molecule has 2 fully saturated rings. The highest BCUT2D eigenvalue weighted by molar-refractivity contribution is 7.09. The molecule has 1 atom stereocenters. The minimum atomic E-state index is 0.0724. The lowest BCUT2D eigenvalue weighted by molar-refractivity contribution is 0.0741. The van der Waals surface area contributed by atoms with Crippen LogP contribution in [-0.4, -0.2) is 48.5 Å². The SMILES string of the molecule is O=C(c1csc(C2CCCN2)n1)N1CCN(c2ccccc2)CC1. The largest absolute Gasteiger partial charge is 0.368 e. The highest BCUT2D eigenvalue weighted by Gasteiger charge is 2.26. The number of hydrogen-bond acceptors (Lipinski definition) is 5. The minimum absolute atomic E-state index is 0.0724. The first-order chi connectivity index (χ1) is 11.8. The van der Waals surface area contributed by atoms with Gasteiger partial charge >= 0.3 is 0 Å². The fraction of sp³-hybridized carbons (Fsp3) is 0.444. The van der Waals surface area contributed by atoms with Crippen LogP contribution in [0.4, 0.5) is 5.69 Å². The lowest BCUT2D eigenvalue weighted by Gasteiger charge is -2.35. The van der Waals surface area contributed by atoms with Crippen LogP contribution < -0.4 is 10.2 Å². The predicted molar refractivity (Wildman–Crippen MR) is 96.7 cm³/mol. The highest BCUT2D eigenvalue weighted by atomic mass is 32.1. The Morgan fingerprint density at radius 2 is 1.96 bits per heavy atom. The molecule has 5 nitrogen and oxygen atoms in total. The van der Waals surface area contributed by atoms with Crippen molar-refractivity contribution < 1.29 is 4.79 Å². The van der Waals surface area contributed by atoms with Crippen molar-refractivity contribution in [2.75, 3.05) is 37.6 Å². The molecule has 2 aromatic rings. The van der Waals surface area contributed by atoms with E-state index in [1.54, 1.807) is 11.3 Å². The van der Waals surface area contributed by atoms with Gasteiger partial charge < -0.3 is 15.1 Å². The molecule has 1 aromatic carbocycles. The molecule has 0 aliphatic carbocycles. The molecule has 24 heavy (non-hydrogen) atoms. The molecule has 6 heteroatoms. The smallest absolute Gasteiger partial charge is 0.273 e. The first-order valence-electron chi connectivity index (χ1n) is 8.59. The first kappa shape index (κ1) is 15.6. The molecule has 2 aliphatic heterocycles. The van der Waals surface area contributed by atoms with Gasteiger partial charge in [0.2, 0.25) is 0 Å². The lowest BCUT2D eigenvalue weighted by Crippen LogP contribution is -2.48. The zero-order valence-electron chi connectivity index (χ0n) is 13.6. The van der Waals surface area contributed by atoms with E-state index in [9.17, 15) is 4.79 Å². The van der Waals surface area contributed by atoms with Crippen molar-refractivity contribution in [3.8, 4) is 0 Å². The second-order valence-electron chi connectivity index (χ2n) is 6.33. The van der Waals surface area contributed by atoms with Gasteiger partial charge in [-0.3, -0.25) is 4.79 Å². The quantitative estimate of drug-likeness (QED) is 0.931. The van der Waals surface area contributed by atoms with Gasteiger partial charge in [0.05, 0.1) is 6.04 Å². The summed E-state index contributed by atoms with van der Waals surface area (Å²) in [5.74, 6) is 0.0724. The number of nitrogens with one attached hydrogen (secondary N) is 1. The molecule has 1 N–H and O–H groups in total. The van der Waals surface area contributed by atoms with E-state index >= 15 is 0 Å². The van der Waals surface area contributed by atoms with Gasteiger partial charge in [0.25, 0.3) is 5.91 Å². The number of hydrogen-bond donors (Lipinski definition) is 1. The average molecular weight is 342 g/mol. The Kier molecular flexibility index (Phi) is 4.49. The molecular weight excluding hydrogens is 320 g/mol. The summed E-state index contributed by atoms with van der Waals surface area (Å²) in [4.78, 5) is 21.6. The van der Waals surface area contributed by atoms with Gasteiger partial charge in [-0.2, -0.15) is 0 Å². The third-order valence-corrected chi connectivity index (χ3v) is 5.75. The van der Waals surface area contributed by atoms with Crippen LogP contribution >= 0.6 is 11.3 Å². The summed E-state index contributed by atoms with van der Waals surface area (Å²) < 4.78 is 0. The third-order valence-electron chi connectivity index (χ3n) is 4.79. The second-order valence-corrected chi connectivity index (χ2v) is 7.22. The van der Waals surface area contributed by atoms with E-state index in [0.29, 0.717) is 11.7 Å². The van der Waals surface area contributed by atoms with Gasteiger partial charge in [-0.15, -0.1) is 11.3 Å². The van der Waals surface area contributed by atoms with E-state index in [4.69, 9.17) is 0 Å². The number of carbonyl (C=O) groups is 1. The van der Waals surface area contributed by atoms with Gasteiger partial charge in [0, 0.05) is 37.2 Å². The fourth-order valence-corrected chi connectivity index (χ4v) is 4.31. The number of piperazine rings is 1. The van der Waals surface area contributed by atoms with Crippen molar-refractivity contribution in [2.24, 2.45) is 0 Å². The van der Waals surface area contributed by atoms with E-state index < -0.39 is 0 Å².